The predicted octanol–water partition coefficient (Wildman–Crippen LogP) is 15.1. The normalized spacial score (nSPS) is 11.9. The van der Waals surface area contributed by atoms with E-state index in [1.807, 2.05) is 0 Å². The molecular formula is C53H42N2. The Morgan fingerprint density at radius 3 is 1.64 bits per heavy atom. The molecule has 0 fully saturated rings. The first-order valence-electron chi connectivity index (χ1n) is 19.2. The SMILES string of the molecule is C/C=C\C(=C/CC)c1ccc(N(c2ccc(-c3ccccc3)cc2)c2ccc(-c3ccc(-n4c5ccccc5c5ccc6ccccc6c54)cc3)cc2)cc1. The molecule has 8 aromatic carbocycles. The van der Waals surface area contributed by atoms with Crippen LogP contribution in [0.2, 0.25) is 0 Å². The highest BCUT2D eigenvalue weighted by Crippen LogP contribution is 2.39. The highest BCUT2D eigenvalue weighted by Gasteiger charge is 2.16. The highest BCUT2D eigenvalue weighted by atomic mass is 15.1. The number of benzene rings is 8. The van der Waals surface area contributed by atoms with Crippen LogP contribution in [-0.4, -0.2) is 4.57 Å². The molecule has 1 heterocycles. The second kappa shape index (κ2) is 14.9. The molecule has 264 valence electrons. The summed E-state index contributed by atoms with van der Waals surface area (Å²) in [7, 11) is 0. The molecule has 9 rings (SSSR count). The molecule has 0 radical (unpaired) electrons. The van der Waals surface area contributed by atoms with Crippen molar-refractivity contribution in [2.45, 2.75) is 20.3 Å². The fourth-order valence-corrected chi connectivity index (χ4v) is 7.97. The molecule has 0 bridgehead atoms. The van der Waals surface area contributed by atoms with E-state index in [-0.39, 0.29) is 0 Å². The van der Waals surface area contributed by atoms with E-state index in [2.05, 4.69) is 230 Å². The third-order valence-electron chi connectivity index (χ3n) is 10.6. The number of nitrogens with zero attached hydrogens (tertiary/aromatic N) is 2. The Balaban J connectivity index is 1.07. The van der Waals surface area contributed by atoms with Crippen LogP contribution in [0.25, 0.3) is 66.1 Å². The highest BCUT2D eigenvalue weighted by molar-refractivity contribution is 6.18. The lowest BCUT2D eigenvalue weighted by molar-refractivity contribution is 1.19. The molecule has 0 saturated heterocycles. The van der Waals surface area contributed by atoms with Gasteiger partial charge in [-0.25, -0.2) is 0 Å². The fourth-order valence-electron chi connectivity index (χ4n) is 7.97. The van der Waals surface area contributed by atoms with Gasteiger partial charge in [0, 0.05) is 38.9 Å². The van der Waals surface area contributed by atoms with Crippen molar-refractivity contribution in [1.29, 1.82) is 0 Å². The van der Waals surface area contributed by atoms with Crippen molar-refractivity contribution >= 4 is 55.2 Å². The van der Waals surface area contributed by atoms with Gasteiger partial charge in [0.15, 0.2) is 0 Å². The molecule has 55 heavy (non-hydrogen) atoms. The van der Waals surface area contributed by atoms with E-state index in [0.29, 0.717) is 0 Å². The smallest absolute Gasteiger partial charge is 0.0619 e. The van der Waals surface area contributed by atoms with Crippen molar-refractivity contribution in [3.63, 3.8) is 0 Å². The number of anilines is 3. The van der Waals surface area contributed by atoms with E-state index < -0.39 is 0 Å². The summed E-state index contributed by atoms with van der Waals surface area (Å²) in [4.78, 5) is 2.34. The summed E-state index contributed by atoms with van der Waals surface area (Å²) in [6.45, 7) is 4.26. The second-order valence-corrected chi connectivity index (χ2v) is 14.0. The van der Waals surface area contributed by atoms with Gasteiger partial charge in [0.05, 0.1) is 11.0 Å². The van der Waals surface area contributed by atoms with Crippen molar-refractivity contribution < 1.29 is 0 Å². The van der Waals surface area contributed by atoms with E-state index >= 15 is 0 Å². The molecule has 0 aliphatic rings. The molecule has 0 atom stereocenters. The molecule has 2 nitrogen and oxygen atoms in total. The zero-order chi connectivity index (χ0) is 37.1. The lowest BCUT2D eigenvalue weighted by Crippen LogP contribution is -2.10. The molecule has 0 aliphatic carbocycles. The maximum Gasteiger partial charge on any atom is 0.0619 e. The Labute approximate surface area is 323 Å². The predicted molar refractivity (Wildman–Crippen MR) is 237 cm³/mol. The average Bonchev–Trinajstić information content (AvgIpc) is 3.60. The van der Waals surface area contributed by atoms with Gasteiger partial charge in [-0.2, -0.15) is 0 Å². The minimum atomic E-state index is 0.994. The van der Waals surface area contributed by atoms with Gasteiger partial charge in [0.25, 0.3) is 0 Å². The van der Waals surface area contributed by atoms with E-state index in [0.717, 1.165) is 29.2 Å². The zero-order valence-corrected chi connectivity index (χ0v) is 31.2. The quantitative estimate of drug-likeness (QED) is 0.136. The van der Waals surface area contributed by atoms with Crippen molar-refractivity contribution in [2.24, 2.45) is 0 Å². The molecule has 9 aromatic rings. The zero-order valence-electron chi connectivity index (χ0n) is 31.2. The number of allylic oxidation sites excluding steroid dienone is 4. The third kappa shape index (κ3) is 6.43. The topological polar surface area (TPSA) is 8.17 Å². The monoisotopic (exact) mass is 706 g/mol. The van der Waals surface area contributed by atoms with Gasteiger partial charge in [-0.1, -0.05) is 159 Å². The lowest BCUT2D eigenvalue weighted by atomic mass is 10.0. The maximum atomic E-state index is 2.42. The Kier molecular flexibility index (Phi) is 9.15. The van der Waals surface area contributed by atoms with E-state index in [9.17, 15) is 0 Å². The summed E-state index contributed by atoms with van der Waals surface area (Å²) in [6, 6.07) is 68.3. The summed E-state index contributed by atoms with van der Waals surface area (Å²) in [6.07, 6.45) is 7.57. The summed E-state index contributed by atoms with van der Waals surface area (Å²) in [5, 5.41) is 5.06. The van der Waals surface area contributed by atoms with Gasteiger partial charge in [-0.3, -0.25) is 0 Å². The number of aromatic nitrogens is 1. The van der Waals surface area contributed by atoms with Crippen molar-refractivity contribution in [3.05, 3.63) is 212 Å². The van der Waals surface area contributed by atoms with Crippen LogP contribution in [0.3, 0.4) is 0 Å². The first-order valence-corrected chi connectivity index (χ1v) is 19.2. The van der Waals surface area contributed by atoms with Gasteiger partial charge >= 0.3 is 0 Å². The van der Waals surface area contributed by atoms with Crippen LogP contribution in [0, 0.1) is 0 Å². The van der Waals surface area contributed by atoms with Crippen molar-refractivity contribution in [1.82, 2.24) is 4.57 Å². The van der Waals surface area contributed by atoms with Crippen LogP contribution >= 0.6 is 0 Å². The molecule has 0 aliphatic heterocycles. The fraction of sp³-hybridized carbons (Fsp3) is 0.0566. The molecule has 0 spiro atoms. The summed E-state index contributed by atoms with van der Waals surface area (Å²) in [5.41, 5.74) is 14.2. The van der Waals surface area contributed by atoms with Crippen molar-refractivity contribution in [3.8, 4) is 27.9 Å². The van der Waals surface area contributed by atoms with Gasteiger partial charge < -0.3 is 9.47 Å². The van der Waals surface area contributed by atoms with Crippen LogP contribution < -0.4 is 4.90 Å². The Morgan fingerprint density at radius 1 is 0.491 bits per heavy atom. The van der Waals surface area contributed by atoms with Gasteiger partial charge in [0.1, 0.15) is 0 Å². The lowest BCUT2D eigenvalue weighted by Gasteiger charge is -2.26. The summed E-state index contributed by atoms with van der Waals surface area (Å²) >= 11 is 0. The molecule has 0 amide bonds. The van der Waals surface area contributed by atoms with Crippen LogP contribution in [0.15, 0.2) is 206 Å². The number of hydrogen-bond acceptors (Lipinski definition) is 1. The summed E-state index contributed by atoms with van der Waals surface area (Å²) < 4.78 is 2.42. The Bertz CT molecular complexity index is 2800. The van der Waals surface area contributed by atoms with Crippen LogP contribution in [0.5, 0.6) is 0 Å². The third-order valence-corrected chi connectivity index (χ3v) is 10.6. The molecule has 1 aromatic heterocycles. The number of hydrogen-bond donors (Lipinski definition) is 0. The molecular weight excluding hydrogens is 665 g/mol. The minimum Gasteiger partial charge on any atom is -0.311 e. The first-order chi connectivity index (χ1) is 27.2. The minimum absolute atomic E-state index is 0.994. The molecule has 0 N–H and O–H groups in total. The van der Waals surface area contributed by atoms with Gasteiger partial charge in [0.2, 0.25) is 0 Å². The number of para-hydroxylation sites is 1. The number of rotatable bonds is 9. The van der Waals surface area contributed by atoms with E-state index in [4.69, 9.17) is 0 Å². The van der Waals surface area contributed by atoms with Crippen LogP contribution in [0.1, 0.15) is 25.8 Å². The van der Waals surface area contributed by atoms with E-state index in [1.54, 1.807) is 0 Å². The van der Waals surface area contributed by atoms with Crippen molar-refractivity contribution in [2.75, 3.05) is 4.90 Å². The Morgan fingerprint density at radius 2 is 1.02 bits per heavy atom. The standard InChI is InChI=1S/C53H42N2/c1-3-12-38(13-4-2)40-20-29-45(30-21-40)54(46-31-22-41(23-32-46)39-14-6-5-7-15-39)47-33-24-42(25-34-47)43-26-35-48(36-27-43)55-52-19-11-10-18-50(52)51-37-28-44-16-8-9-17-49(44)53(51)55/h3,5-37H,4H2,1-2H3/b12-3-,38-13+. The molecule has 0 unspecified atom stereocenters. The van der Waals surface area contributed by atoms with Gasteiger partial charge in [-0.15, -0.1) is 0 Å². The maximum absolute atomic E-state index is 2.42. The first kappa shape index (κ1) is 33.9. The van der Waals surface area contributed by atoms with Crippen LogP contribution in [0.4, 0.5) is 17.1 Å². The van der Waals surface area contributed by atoms with E-state index in [1.165, 1.54) is 66.0 Å². The van der Waals surface area contributed by atoms with Crippen LogP contribution in [-0.2, 0) is 0 Å². The van der Waals surface area contributed by atoms with Gasteiger partial charge in [-0.05, 0) is 107 Å². The molecule has 0 saturated carbocycles. The second-order valence-electron chi connectivity index (χ2n) is 14.0. The number of fused-ring (bicyclic) bond motifs is 5. The largest absolute Gasteiger partial charge is 0.311 e. The molecule has 2 heteroatoms. The summed E-state index contributed by atoms with van der Waals surface area (Å²) in [5.74, 6) is 0. The Hall–Kier alpha value is -6.90. The average molecular weight is 707 g/mol.